The second-order valence-electron chi connectivity index (χ2n) is 9.39. The van der Waals surface area contributed by atoms with Gasteiger partial charge in [-0.25, -0.2) is 0 Å². The average Bonchev–Trinajstić information content (AvgIpc) is 2.73. The van der Waals surface area contributed by atoms with Gasteiger partial charge in [-0.05, 0) is 87.0 Å². The second-order valence-corrected chi connectivity index (χ2v) is 9.39. The first-order valence-electron chi connectivity index (χ1n) is 10.9. The van der Waals surface area contributed by atoms with E-state index in [0.29, 0.717) is 24.8 Å². The van der Waals surface area contributed by atoms with Crippen molar-refractivity contribution in [2.24, 2.45) is 5.92 Å². The molecule has 0 heterocycles. The van der Waals surface area contributed by atoms with Gasteiger partial charge in [0.1, 0.15) is 0 Å². The topological polar surface area (TPSA) is 44.0 Å². The number of nitrogens with zero attached hydrogens (tertiary/aromatic N) is 1. The first kappa shape index (κ1) is 21.2. The first-order valence-corrected chi connectivity index (χ1v) is 10.9. The molecule has 1 N–H and O–H groups in total. The van der Waals surface area contributed by atoms with Crippen LogP contribution < -0.4 is 0 Å². The quantitative estimate of drug-likeness (QED) is 0.629. The summed E-state index contributed by atoms with van der Waals surface area (Å²) in [6.07, 6.45) is 7.11. The van der Waals surface area contributed by atoms with E-state index in [0.717, 1.165) is 32.1 Å². The predicted octanol–water partition coefficient (Wildman–Crippen LogP) is 6.28. The number of fused-ring (bicyclic) bond motifs is 3. The number of rotatable bonds is 4. The van der Waals surface area contributed by atoms with Crippen LogP contribution in [0.3, 0.4) is 0 Å². The molecule has 0 unspecified atom stereocenters. The van der Waals surface area contributed by atoms with Crippen molar-refractivity contribution < 1.29 is 18.3 Å². The second kappa shape index (κ2) is 7.89. The summed E-state index contributed by atoms with van der Waals surface area (Å²) in [7, 11) is 0. The van der Waals surface area contributed by atoms with Crippen LogP contribution in [0.5, 0.6) is 0 Å². The minimum absolute atomic E-state index is 0.150. The minimum Gasteiger partial charge on any atom is -0.390 e. The molecule has 3 aliphatic carbocycles. The molecule has 1 fully saturated rings. The Bertz CT molecular complexity index is 910. The lowest BCUT2D eigenvalue weighted by Gasteiger charge is -2.54. The van der Waals surface area contributed by atoms with Gasteiger partial charge in [-0.3, -0.25) is 0 Å². The van der Waals surface area contributed by atoms with Gasteiger partial charge in [0.05, 0.1) is 17.2 Å². The maximum Gasteiger partial charge on any atom is 0.389 e. The Labute approximate surface area is 176 Å². The first-order chi connectivity index (χ1) is 14.2. The Morgan fingerprint density at radius 1 is 1.20 bits per heavy atom. The molecule has 3 atom stereocenters. The molecule has 0 aliphatic heterocycles. The summed E-state index contributed by atoms with van der Waals surface area (Å²) in [5.41, 5.74) is 3.06. The van der Waals surface area contributed by atoms with Crippen molar-refractivity contribution in [2.45, 2.75) is 81.4 Å². The van der Waals surface area contributed by atoms with Crippen molar-refractivity contribution in [3.8, 4) is 6.07 Å². The number of aryl methyl sites for hydroxylation is 1. The highest BCUT2D eigenvalue weighted by Crippen LogP contribution is 2.57. The number of allylic oxidation sites excluding steroid dienone is 4. The van der Waals surface area contributed by atoms with Gasteiger partial charge < -0.3 is 5.11 Å². The van der Waals surface area contributed by atoms with Gasteiger partial charge in [0.25, 0.3) is 0 Å². The van der Waals surface area contributed by atoms with Crippen LogP contribution in [0.2, 0.25) is 0 Å². The number of hydrogen-bond donors (Lipinski definition) is 1. The fraction of sp³-hybridized carbons (Fsp3) is 0.560. The van der Waals surface area contributed by atoms with Gasteiger partial charge >= 0.3 is 6.18 Å². The van der Waals surface area contributed by atoms with E-state index in [1.54, 1.807) is 0 Å². The van der Waals surface area contributed by atoms with E-state index in [1.807, 2.05) is 12.1 Å². The SMILES string of the molecule is N#Cc1ccc2c(c1)CC[C@@H]1C[C@@](O)(CCC(F)(F)F)CC[C@@]21CC1=CC=CCC1. The van der Waals surface area contributed by atoms with Gasteiger partial charge in [-0.2, -0.15) is 18.4 Å². The maximum atomic E-state index is 12.8. The number of halogens is 3. The Morgan fingerprint density at radius 3 is 2.73 bits per heavy atom. The van der Waals surface area contributed by atoms with Crippen LogP contribution in [0, 0.1) is 17.2 Å². The molecule has 1 saturated carbocycles. The monoisotopic (exact) mass is 415 g/mol. The van der Waals surface area contributed by atoms with Gasteiger partial charge in [0.15, 0.2) is 0 Å². The normalized spacial score (nSPS) is 30.8. The van der Waals surface area contributed by atoms with Crippen LogP contribution in [-0.2, 0) is 11.8 Å². The van der Waals surface area contributed by atoms with Crippen molar-refractivity contribution in [1.29, 1.82) is 5.26 Å². The molecule has 0 spiro atoms. The summed E-state index contributed by atoms with van der Waals surface area (Å²) in [5.74, 6) is 0.150. The van der Waals surface area contributed by atoms with Gasteiger partial charge in [0.2, 0.25) is 0 Å². The van der Waals surface area contributed by atoms with E-state index in [2.05, 4.69) is 30.4 Å². The zero-order chi connectivity index (χ0) is 21.4. The van der Waals surface area contributed by atoms with Crippen molar-refractivity contribution in [3.63, 3.8) is 0 Å². The largest absolute Gasteiger partial charge is 0.390 e. The summed E-state index contributed by atoms with van der Waals surface area (Å²) in [5, 5.41) is 20.4. The number of hydrogen-bond acceptors (Lipinski definition) is 2. The summed E-state index contributed by atoms with van der Waals surface area (Å²) >= 11 is 0. The third-order valence-corrected chi connectivity index (χ3v) is 7.49. The van der Waals surface area contributed by atoms with Crippen molar-refractivity contribution in [3.05, 3.63) is 58.7 Å². The Morgan fingerprint density at radius 2 is 2.03 bits per heavy atom. The summed E-state index contributed by atoms with van der Waals surface area (Å²) < 4.78 is 38.4. The number of benzene rings is 1. The molecule has 1 aromatic carbocycles. The van der Waals surface area contributed by atoms with E-state index in [-0.39, 0.29) is 17.8 Å². The summed E-state index contributed by atoms with van der Waals surface area (Å²) in [4.78, 5) is 0. The van der Waals surface area contributed by atoms with Crippen LogP contribution in [-0.4, -0.2) is 16.9 Å². The fourth-order valence-electron chi connectivity index (χ4n) is 5.97. The van der Waals surface area contributed by atoms with Crippen molar-refractivity contribution >= 4 is 0 Å². The molecule has 0 amide bonds. The molecule has 0 aromatic heterocycles. The molecule has 160 valence electrons. The number of alkyl halides is 3. The van der Waals surface area contributed by atoms with E-state index in [4.69, 9.17) is 0 Å². The average molecular weight is 415 g/mol. The molecular formula is C25H28F3NO. The molecule has 0 radical (unpaired) electrons. The van der Waals surface area contributed by atoms with Crippen LogP contribution in [0.4, 0.5) is 13.2 Å². The van der Waals surface area contributed by atoms with Gasteiger partial charge in [-0.15, -0.1) is 0 Å². The highest BCUT2D eigenvalue weighted by Gasteiger charge is 2.52. The van der Waals surface area contributed by atoms with Gasteiger partial charge in [-0.1, -0.05) is 29.9 Å². The third-order valence-electron chi connectivity index (χ3n) is 7.49. The molecule has 1 aromatic rings. The smallest absolute Gasteiger partial charge is 0.389 e. The summed E-state index contributed by atoms with van der Waals surface area (Å²) in [6.45, 7) is 0. The predicted molar refractivity (Wildman–Crippen MR) is 110 cm³/mol. The molecule has 0 saturated heterocycles. The molecule has 4 rings (SSSR count). The maximum absolute atomic E-state index is 12.8. The zero-order valence-electron chi connectivity index (χ0n) is 17.1. The number of nitriles is 1. The van der Waals surface area contributed by atoms with Crippen LogP contribution in [0.1, 0.15) is 74.5 Å². The van der Waals surface area contributed by atoms with Crippen LogP contribution in [0.15, 0.2) is 42.0 Å². The lowest BCUT2D eigenvalue weighted by Crippen LogP contribution is -2.50. The molecule has 2 nitrogen and oxygen atoms in total. The highest BCUT2D eigenvalue weighted by atomic mass is 19.4. The lowest BCUT2D eigenvalue weighted by atomic mass is 9.52. The molecule has 5 heteroatoms. The summed E-state index contributed by atoms with van der Waals surface area (Å²) in [6, 6.07) is 8.13. The van der Waals surface area contributed by atoms with E-state index >= 15 is 0 Å². The van der Waals surface area contributed by atoms with E-state index < -0.39 is 18.2 Å². The lowest BCUT2D eigenvalue weighted by molar-refractivity contribution is -0.153. The Hall–Kier alpha value is -2.06. The number of aliphatic hydroxyl groups is 1. The van der Waals surface area contributed by atoms with E-state index in [9.17, 15) is 23.5 Å². The van der Waals surface area contributed by atoms with Crippen LogP contribution in [0.25, 0.3) is 0 Å². The highest BCUT2D eigenvalue weighted by molar-refractivity contribution is 5.46. The molecular weight excluding hydrogens is 387 g/mol. The Kier molecular flexibility index (Phi) is 5.57. The molecule has 0 bridgehead atoms. The molecule has 30 heavy (non-hydrogen) atoms. The van der Waals surface area contributed by atoms with Gasteiger partial charge in [0, 0.05) is 11.8 Å². The fourth-order valence-corrected chi connectivity index (χ4v) is 5.97. The van der Waals surface area contributed by atoms with Crippen molar-refractivity contribution in [1.82, 2.24) is 0 Å². The molecule has 3 aliphatic rings. The van der Waals surface area contributed by atoms with E-state index in [1.165, 1.54) is 16.7 Å². The zero-order valence-corrected chi connectivity index (χ0v) is 17.1. The van der Waals surface area contributed by atoms with Crippen LogP contribution >= 0.6 is 0 Å². The Balaban J connectivity index is 1.67. The standard InChI is InChI=1S/C25H28F3NO/c26-25(27,28)13-11-23(30)10-12-24(15-18-4-2-1-3-5-18)21(16-23)8-7-20-14-19(17-29)6-9-22(20)24/h1-2,4,6,9,14,21,30H,3,5,7-8,10-13,15-16H2/t21-,23+,24+/m1/s1. The van der Waals surface area contributed by atoms with Crippen molar-refractivity contribution in [2.75, 3.05) is 0 Å². The third kappa shape index (κ3) is 4.21. The minimum atomic E-state index is -4.24.